The SMILES string of the molecule is Cc1cc(C(=O)N2CCN(C(=O)c3sc(-c4ccc(Cl)s4)nc3C)CC2)on1. The zero-order valence-corrected chi connectivity index (χ0v) is 17.7. The van der Waals surface area contributed by atoms with Gasteiger partial charge in [0.15, 0.2) is 0 Å². The van der Waals surface area contributed by atoms with E-state index in [9.17, 15) is 9.59 Å². The van der Waals surface area contributed by atoms with Crippen molar-refractivity contribution in [2.75, 3.05) is 26.2 Å². The van der Waals surface area contributed by atoms with Crippen molar-refractivity contribution in [3.63, 3.8) is 0 Å². The lowest BCUT2D eigenvalue weighted by atomic mass is 10.2. The highest BCUT2D eigenvalue weighted by atomic mass is 35.5. The molecule has 4 rings (SSSR count). The number of hydrogen-bond donors (Lipinski definition) is 0. The molecular weight excluding hydrogens is 420 g/mol. The van der Waals surface area contributed by atoms with Crippen LogP contribution in [0.2, 0.25) is 4.34 Å². The Morgan fingerprint density at radius 3 is 2.32 bits per heavy atom. The summed E-state index contributed by atoms with van der Waals surface area (Å²) < 4.78 is 5.74. The third-order valence-corrected chi connectivity index (χ3v) is 7.01. The maximum absolute atomic E-state index is 13.0. The molecule has 0 bridgehead atoms. The number of nitrogens with zero attached hydrogens (tertiary/aromatic N) is 4. The number of rotatable bonds is 3. The van der Waals surface area contributed by atoms with E-state index in [0.29, 0.717) is 46.8 Å². The molecule has 1 saturated heterocycles. The molecule has 0 unspecified atom stereocenters. The second kappa shape index (κ2) is 7.65. The number of carbonyl (C=O) groups is 2. The maximum atomic E-state index is 13.0. The van der Waals surface area contributed by atoms with Crippen molar-refractivity contribution in [1.82, 2.24) is 19.9 Å². The number of aryl methyl sites for hydroxylation is 2. The average molecular weight is 437 g/mol. The van der Waals surface area contributed by atoms with E-state index < -0.39 is 0 Å². The van der Waals surface area contributed by atoms with E-state index in [1.807, 2.05) is 19.1 Å². The van der Waals surface area contributed by atoms with Crippen LogP contribution in [0.25, 0.3) is 9.88 Å². The first-order valence-electron chi connectivity index (χ1n) is 8.67. The summed E-state index contributed by atoms with van der Waals surface area (Å²) in [5, 5.41) is 4.55. The summed E-state index contributed by atoms with van der Waals surface area (Å²) in [5.41, 5.74) is 1.38. The lowest BCUT2D eigenvalue weighted by Gasteiger charge is -2.34. The zero-order chi connectivity index (χ0) is 19.8. The van der Waals surface area contributed by atoms with Gasteiger partial charge < -0.3 is 14.3 Å². The highest BCUT2D eigenvalue weighted by Crippen LogP contribution is 2.35. The molecule has 0 saturated carbocycles. The van der Waals surface area contributed by atoms with Gasteiger partial charge in [0.05, 0.1) is 20.6 Å². The first-order valence-corrected chi connectivity index (χ1v) is 10.7. The monoisotopic (exact) mass is 436 g/mol. The summed E-state index contributed by atoms with van der Waals surface area (Å²) in [5.74, 6) is -0.0140. The normalized spacial score (nSPS) is 14.5. The predicted molar refractivity (Wildman–Crippen MR) is 108 cm³/mol. The molecule has 0 radical (unpaired) electrons. The average Bonchev–Trinajstić information content (AvgIpc) is 3.41. The van der Waals surface area contributed by atoms with E-state index >= 15 is 0 Å². The Morgan fingerprint density at radius 2 is 1.75 bits per heavy atom. The Kier molecular flexibility index (Phi) is 5.22. The van der Waals surface area contributed by atoms with Crippen LogP contribution in [-0.4, -0.2) is 57.9 Å². The van der Waals surface area contributed by atoms with Crippen LogP contribution in [0.1, 0.15) is 31.6 Å². The summed E-state index contributed by atoms with van der Waals surface area (Å²) in [6, 6.07) is 5.36. The van der Waals surface area contributed by atoms with Crippen LogP contribution in [0.15, 0.2) is 22.7 Å². The largest absolute Gasteiger partial charge is 0.351 e. The van der Waals surface area contributed by atoms with Gasteiger partial charge in [0.1, 0.15) is 9.88 Å². The second-order valence-electron chi connectivity index (χ2n) is 6.45. The highest BCUT2D eigenvalue weighted by molar-refractivity contribution is 7.24. The van der Waals surface area contributed by atoms with Gasteiger partial charge in [0.25, 0.3) is 11.8 Å². The van der Waals surface area contributed by atoms with Gasteiger partial charge in [-0.2, -0.15) is 0 Å². The number of hydrogen-bond acceptors (Lipinski definition) is 7. The van der Waals surface area contributed by atoms with Crippen LogP contribution >= 0.6 is 34.3 Å². The summed E-state index contributed by atoms with van der Waals surface area (Å²) in [6.07, 6.45) is 0. The summed E-state index contributed by atoms with van der Waals surface area (Å²) in [4.78, 5) is 35.0. The Hall–Kier alpha value is -2.23. The van der Waals surface area contributed by atoms with E-state index in [2.05, 4.69) is 10.1 Å². The molecule has 0 aromatic carbocycles. The minimum Gasteiger partial charge on any atom is -0.351 e. The van der Waals surface area contributed by atoms with Crippen molar-refractivity contribution in [2.45, 2.75) is 13.8 Å². The van der Waals surface area contributed by atoms with Gasteiger partial charge in [0.2, 0.25) is 5.76 Å². The molecule has 146 valence electrons. The third-order valence-electron chi connectivity index (χ3n) is 4.47. The highest BCUT2D eigenvalue weighted by Gasteiger charge is 2.29. The van der Waals surface area contributed by atoms with Gasteiger partial charge in [-0.05, 0) is 26.0 Å². The molecule has 4 heterocycles. The van der Waals surface area contributed by atoms with Crippen molar-refractivity contribution >= 4 is 46.1 Å². The van der Waals surface area contributed by atoms with E-state index in [1.165, 1.54) is 22.7 Å². The minimum atomic E-state index is -0.196. The number of thiazole rings is 1. The van der Waals surface area contributed by atoms with E-state index in [-0.39, 0.29) is 17.6 Å². The summed E-state index contributed by atoms with van der Waals surface area (Å²) in [7, 11) is 0. The fraction of sp³-hybridized carbons (Fsp3) is 0.333. The van der Waals surface area contributed by atoms with Gasteiger partial charge in [-0.3, -0.25) is 9.59 Å². The van der Waals surface area contributed by atoms with E-state index in [4.69, 9.17) is 16.1 Å². The molecule has 1 aliphatic rings. The lowest BCUT2D eigenvalue weighted by Crippen LogP contribution is -2.50. The quantitative estimate of drug-likeness (QED) is 0.625. The molecule has 1 aliphatic heterocycles. The van der Waals surface area contributed by atoms with Gasteiger partial charge in [-0.15, -0.1) is 22.7 Å². The van der Waals surface area contributed by atoms with Crippen LogP contribution in [0.3, 0.4) is 0 Å². The number of aromatic nitrogens is 2. The molecule has 2 amide bonds. The standard InChI is InChI=1S/C18H17ClN4O3S2/c1-10-9-12(26-21-10)17(24)22-5-7-23(8-6-22)18(25)15-11(2)20-16(28-15)13-3-4-14(19)27-13/h3-4,9H,5-8H2,1-2H3. The van der Waals surface area contributed by atoms with Gasteiger partial charge >= 0.3 is 0 Å². The van der Waals surface area contributed by atoms with E-state index in [1.54, 1.807) is 22.8 Å². The van der Waals surface area contributed by atoms with Crippen molar-refractivity contribution in [3.8, 4) is 9.88 Å². The number of amides is 2. The molecule has 0 N–H and O–H groups in total. The Bertz CT molecular complexity index is 1030. The first kappa shape index (κ1) is 19.1. The van der Waals surface area contributed by atoms with Crippen LogP contribution in [0.4, 0.5) is 0 Å². The summed E-state index contributed by atoms with van der Waals surface area (Å²) in [6.45, 7) is 5.46. The molecule has 3 aromatic heterocycles. The smallest absolute Gasteiger partial charge is 0.292 e. The number of thiophene rings is 1. The van der Waals surface area contributed by atoms with Crippen LogP contribution < -0.4 is 0 Å². The maximum Gasteiger partial charge on any atom is 0.292 e. The molecule has 3 aromatic rings. The molecule has 0 spiro atoms. The number of halogens is 1. The second-order valence-corrected chi connectivity index (χ2v) is 9.17. The van der Waals surface area contributed by atoms with E-state index in [0.717, 1.165) is 9.88 Å². The Labute approximate surface area is 174 Å². The topological polar surface area (TPSA) is 79.5 Å². The van der Waals surface area contributed by atoms with Crippen molar-refractivity contribution < 1.29 is 14.1 Å². The van der Waals surface area contributed by atoms with Crippen molar-refractivity contribution in [2.24, 2.45) is 0 Å². The zero-order valence-electron chi connectivity index (χ0n) is 15.3. The fourth-order valence-corrected chi connectivity index (χ4v) is 5.14. The predicted octanol–water partition coefficient (Wildman–Crippen LogP) is 3.73. The molecule has 0 atom stereocenters. The summed E-state index contributed by atoms with van der Waals surface area (Å²) >= 11 is 8.83. The van der Waals surface area contributed by atoms with Gasteiger partial charge in [-0.25, -0.2) is 4.98 Å². The Morgan fingerprint density at radius 1 is 1.07 bits per heavy atom. The lowest BCUT2D eigenvalue weighted by molar-refractivity contribution is 0.0514. The molecule has 28 heavy (non-hydrogen) atoms. The molecule has 0 aliphatic carbocycles. The Balaban J connectivity index is 1.43. The molecule has 10 heteroatoms. The van der Waals surface area contributed by atoms with Crippen molar-refractivity contribution in [3.05, 3.63) is 44.6 Å². The minimum absolute atomic E-state index is 0.0495. The van der Waals surface area contributed by atoms with Gasteiger partial charge in [-0.1, -0.05) is 16.8 Å². The fourth-order valence-electron chi connectivity index (χ4n) is 3.01. The third kappa shape index (κ3) is 3.69. The first-order chi connectivity index (χ1) is 13.4. The van der Waals surface area contributed by atoms with Crippen molar-refractivity contribution in [1.29, 1.82) is 0 Å². The molecule has 1 fully saturated rings. The molecule has 7 nitrogen and oxygen atoms in total. The van der Waals surface area contributed by atoms with Crippen LogP contribution in [-0.2, 0) is 0 Å². The van der Waals surface area contributed by atoms with Crippen LogP contribution in [0, 0.1) is 13.8 Å². The number of piperazine rings is 1. The molecular formula is C18H17ClN4O3S2. The van der Waals surface area contributed by atoms with Gasteiger partial charge in [0, 0.05) is 32.2 Å². The van der Waals surface area contributed by atoms with Crippen LogP contribution in [0.5, 0.6) is 0 Å². The number of carbonyl (C=O) groups excluding carboxylic acids is 2.